The Kier molecular flexibility index (Phi) is 4.06. The number of carbonyl (C=O) groups is 2. The SMILES string of the molecule is O=C(NCCC(=O)N1CCc2sccc2C1)c1ccco1. The predicted molar refractivity (Wildman–Crippen MR) is 79.1 cm³/mol. The van der Waals surface area contributed by atoms with Crippen molar-refractivity contribution < 1.29 is 14.0 Å². The molecule has 2 aromatic rings. The van der Waals surface area contributed by atoms with Gasteiger partial charge in [-0.2, -0.15) is 0 Å². The molecule has 21 heavy (non-hydrogen) atoms. The molecule has 0 unspecified atom stereocenters. The van der Waals surface area contributed by atoms with Crippen LogP contribution in [0.3, 0.4) is 0 Å². The van der Waals surface area contributed by atoms with Gasteiger partial charge in [-0.25, -0.2) is 0 Å². The van der Waals surface area contributed by atoms with Crippen LogP contribution in [0.5, 0.6) is 0 Å². The molecule has 0 aliphatic carbocycles. The van der Waals surface area contributed by atoms with Gasteiger partial charge in [-0.15, -0.1) is 11.3 Å². The Labute approximate surface area is 126 Å². The highest BCUT2D eigenvalue weighted by Crippen LogP contribution is 2.24. The molecular formula is C15H16N2O3S. The van der Waals surface area contributed by atoms with Crippen LogP contribution in [0.2, 0.25) is 0 Å². The normalized spacial score (nSPS) is 13.8. The number of hydrogen-bond donors (Lipinski definition) is 1. The monoisotopic (exact) mass is 304 g/mol. The van der Waals surface area contributed by atoms with E-state index in [-0.39, 0.29) is 17.6 Å². The summed E-state index contributed by atoms with van der Waals surface area (Å²) in [6.45, 7) is 1.77. The van der Waals surface area contributed by atoms with E-state index in [4.69, 9.17) is 4.42 Å². The lowest BCUT2D eigenvalue weighted by molar-refractivity contribution is -0.131. The first-order chi connectivity index (χ1) is 10.2. The molecule has 2 amide bonds. The number of thiophene rings is 1. The van der Waals surface area contributed by atoms with Gasteiger partial charge >= 0.3 is 0 Å². The van der Waals surface area contributed by atoms with Crippen molar-refractivity contribution in [1.82, 2.24) is 10.2 Å². The van der Waals surface area contributed by atoms with E-state index >= 15 is 0 Å². The first-order valence-electron chi connectivity index (χ1n) is 6.89. The van der Waals surface area contributed by atoms with Gasteiger partial charge in [0.25, 0.3) is 5.91 Å². The largest absolute Gasteiger partial charge is 0.459 e. The summed E-state index contributed by atoms with van der Waals surface area (Å²) in [4.78, 5) is 27.1. The summed E-state index contributed by atoms with van der Waals surface area (Å²) in [5, 5.41) is 4.76. The molecule has 0 atom stereocenters. The van der Waals surface area contributed by atoms with Crippen molar-refractivity contribution in [2.24, 2.45) is 0 Å². The fourth-order valence-electron chi connectivity index (χ4n) is 2.40. The summed E-state index contributed by atoms with van der Waals surface area (Å²) in [5.41, 5.74) is 1.25. The first-order valence-corrected chi connectivity index (χ1v) is 7.77. The highest BCUT2D eigenvalue weighted by molar-refractivity contribution is 7.10. The van der Waals surface area contributed by atoms with Crippen molar-refractivity contribution in [2.45, 2.75) is 19.4 Å². The number of amides is 2. The van der Waals surface area contributed by atoms with E-state index in [2.05, 4.69) is 16.8 Å². The highest BCUT2D eigenvalue weighted by Gasteiger charge is 2.21. The lowest BCUT2D eigenvalue weighted by Gasteiger charge is -2.27. The third-order valence-electron chi connectivity index (χ3n) is 3.53. The summed E-state index contributed by atoms with van der Waals surface area (Å²) < 4.78 is 4.99. The lowest BCUT2D eigenvalue weighted by Crippen LogP contribution is -2.37. The fraction of sp³-hybridized carbons (Fsp3) is 0.333. The molecule has 1 aliphatic heterocycles. The number of carbonyl (C=O) groups excluding carboxylic acids is 2. The van der Waals surface area contributed by atoms with Gasteiger partial charge in [0.05, 0.1) is 6.26 Å². The van der Waals surface area contributed by atoms with E-state index < -0.39 is 0 Å². The van der Waals surface area contributed by atoms with Crippen LogP contribution in [-0.4, -0.2) is 29.8 Å². The van der Waals surface area contributed by atoms with Crippen LogP contribution in [0.15, 0.2) is 34.3 Å². The summed E-state index contributed by atoms with van der Waals surface area (Å²) in [6.07, 6.45) is 2.69. The minimum Gasteiger partial charge on any atom is -0.459 e. The first kappa shape index (κ1) is 13.9. The molecule has 1 N–H and O–H groups in total. The van der Waals surface area contributed by atoms with Crippen LogP contribution in [0, 0.1) is 0 Å². The Bertz CT molecular complexity index is 633. The topological polar surface area (TPSA) is 62.6 Å². The Morgan fingerprint density at radius 2 is 2.29 bits per heavy atom. The molecule has 110 valence electrons. The molecule has 1 aliphatic rings. The van der Waals surface area contributed by atoms with Crippen molar-refractivity contribution in [3.8, 4) is 0 Å². The maximum absolute atomic E-state index is 12.2. The van der Waals surface area contributed by atoms with Crippen LogP contribution < -0.4 is 5.32 Å². The molecule has 0 saturated carbocycles. The average Bonchev–Trinajstić information content (AvgIpc) is 3.17. The van der Waals surface area contributed by atoms with Crippen LogP contribution in [0.1, 0.15) is 27.4 Å². The van der Waals surface area contributed by atoms with Crippen LogP contribution in [0.25, 0.3) is 0 Å². The van der Waals surface area contributed by atoms with Gasteiger partial charge in [0.15, 0.2) is 5.76 Å². The molecule has 0 saturated heterocycles. The summed E-state index contributed by atoms with van der Waals surface area (Å²) in [6, 6.07) is 5.34. The van der Waals surface area contributed by atoms with E-state index in [1.807, 2.05) is 4.90 Å². The maximum atomic E-state index is 12.2. The summed E-state index contributed by atoms with van der Waals surface area (Å²) in [7, 11) is 0. The second-order valence-corrected chi connectivity index (χ2v) is 5.92. The second-order valence-electron chi connectivity index (χ2n) is 4.92. The van der Waals surface area contributed by atoms with Crippen molar-refractivity contribution in [2.75, 3.05) is 13.1 Å². The van der Waals surface area contributed by atoms with E-state index in [0.717, 1.165) is 13.0 Å². The van der Waals surface area contributed by atoms with Gasteiger partial charge in [-0.1, -0.05) is 0 Å². The minimum absolute atomic E-state index is 0.0756. The molecule has 5 nitrogen and oxygen atoms in total. The van der Waals surface area contributed by atoms with Gasteiger partial charge < -0.3 is 14.6 Å². The van der Waals surface area contributed by atoms with Gasteiger partial charge in [-0.05, 0) is 35.6 Å². The minimum atomic E-state index is -0.286. The highest BCUT2D eigenvalue weighted by atomic mass is 32.1. The number of nitrogens with zero attached hydrogens (tertiary/aromatic N) is 1. The number of furan rings is 1. The van der Waals surface area contributed by atoms with Crippen molar-refractivity contribution >= 4 is 23.2 Å². The van der Waals surface area contributed by atoms with Gasteiger partial charge in [0.1, 0.15) is 0 Å². The van der Waals surface area contributed by atoms with Crippen molar-refractivity contribution in [1.29, 1.82) is 0 Å². The van der Waals surface area contributed by atoms with E-state index in [9.17, 15) is 9.59 Å². The molecule has 2 aromatic heterocycles. The number of hydrogen-bond acceptors (Lipinski definition) is 4. The standard InChI is InChI=1S/C15H16N2O3S/c18-14(3-6-16-15(19)12-2-1-8-20-12)17-7-4-13-11(10-17)5-9-21-13/h1-2,5,8-9H,3-4,6-7,10H2,(H,16,19). The lowest BCUT2D eigenvalue weighted by atomic mass is 10.1. The van der Waals surface area contributed by atoms with Crippen molar-refractivity contribution in [3.05, 3.63) is 46.0 Å². The van der Waals surface area contributed by atoms with Gasteiger partial charge in [0, 0.05) is 30.9 Å². The molecule has 3 heterocycles. The molecule has 6 heteroatoms. The third kappa shape index (κ3) is 3.16. The molecule has 3 rings (SSSR count). The molecular weight excluding hydrogens is 288 g/mol. The zero-order valence-corrected chi connectivity index (χ0v) is 12.3. The molecule has 0 bridgehead atoms. The Morgan fingerprint density at radius 3 is 3.10 bits per heavy atom. The van der Waals surface area contributed by atoms with E-state index in [1.165, 1.54) is 16.7 Å². The Balaban J connectivity index is 1.46. The quantitative estimate of drug-likeness (QED) is 0.940. The van der Waals surface area contributed by atoms with Crippen LogP contribution in [0.4, 0.5) is 0 Å². The van der Waals surface area contributed by atoms with Crippen LogP contribution in [-0.2, 0) is 17.8 Å². The molecule has 0 radical (unpaired) electrons. The predicted octanol–water partition coefficient (Wildman–Crippen LogP) is 2.05. The van der Waals surface area contributed by atoms with Gasteiger partial charge in [0.2, 0.25) is 5.91 Å². The number of rotatable bonds is 4. The zero-order chi connectivity index (χ0) is 14.7. The molecule has 0 fully saturated rings. The summed E-state index contributed by atoms with van der Waals surface area (Å²) in [5.74, 6) is 0.0569. The smallest absolute Gasteiger partial charge is 0.286 e. The van der Waals surface area contributed by atoms with Crippen LogP contribution >= 0.6 is 11.3 Å². The number of fused-ring (bicyclic) bond motifs is 1. The Hall–Kier alpha value is -2.08. The second kappa shape index (κ2) is 6.13. The maximum Gasteiger partial charge on any atom is 0.286 e. The Morgan fingerprint density at radius 1 is 1.38 bits per heavy atom. The average molecular weight is 304 g/mol. The van der Waals surface area contributed by atoms with Gasteiger partial charge in [-0.3, -0.25) is 9.59 Å². The number of nitrogens with one attached hydrogen (secondary N) is 1. The third-order valence-corrected chi connectivity index (χ3v) is 4.55. The molecule has 0 aromatic carbocycles. The van der Waals surface area contributed by atoms with E-state index in [1.54, 1.807) is 23.5 Å². The van der Waals surface area contributed by atoms with E-state index in [0.29, 0.717) is 19.5 Å². The van der Waals surface area contributed by atoms with Crippen molar-refractivity contribution in [3.63, 3.8) is 0 Å². The zero-order valence-electron chi connectivity index (χ0n) is 11.5. The summed E-state index contributed by atoms with van der Waals surface area (Å²) >= 11 is 1.75. The molecule has 0 spiro atoms. The fourth-order valence-corrected chi connectivity index (χ4v) is 3.29.